The van der Waals surface area contributed by atoms with Crippen LogP contribution >= 0.6 is 11.6 Å². The summed E-state index contributed by atoms with van der Waals surface area (Å²) in [4.78, 5) is 4.48. The third-order valence-corrected chi connectivity index (χ3v) is 2.53. The number of nitrogens with zero attached hydrogens (tertiary/aromatic N) is 3. The molecule has 5 heteroatoms. The maximum absolute atomic E-state index is 5.81. The van der Waals surface area contributed by atoms with Crippen LogP contribution in [0.5, 0.6) is 0 Å². The van der Waals surface area contributed by atoms with Crippen molar-refractivity contribution in [1.29, 1.82) is 0 Å². The molecule has 0 spiro atoms. The van der Waals surface area contributed by atoms with Crippen LogP contribution in [-0.2, 0) is 6.54 Å². The van der Waals surface area contributed by atoms with Gasteiger partial charge in [0.15, 0.2) is 5.82 Å². The molecule has 2 rings (SSSR count). The molecule has 0 saturated carbocycles. The fourth-order valence-corrected chi connectivity index (χ4v) is 1.64. The lowest BCUT2D eigenvalue weighted by molar-refractivity contribution is 0.790. The molecular weight excluding hydrogens is 224 g/mol. The zero-order valence-corrected chi connectivity index (χ0v) is 9.99. The van der Waals surface area contributed by atoms with Crippen molar-refractivity contribution in [2.75, 3.05) is 7.05 Å². The number of aromatic nitrogens is 3. The van der Waals surface area contributed by atoms with Gasteiger partial charge in [0.1, 0.15) is 0 Å². The highest BCUT2D eigenvalue weighted by Crippen LogP contribution is 2.12. The first kappa shape index (κ1) is 11.1. The van der Waals surface area contributed by atoms with E-state index in [2.05, 4.69) is 15.4 Å². The molecule has 0 radical (unpaired) electrons. The van der Waals surface area contributed by atoms with Crippen LogP contribution in [0, 0.1) is 6.92 Å². The van der Waals surface area contributed by atoms with Gasteiger partial charge in [0, 0.05) is 12.2 Å². The summed E-state index contributed by atoms with van der Waals surface area (Å²) in [6, 6.07) is 3.98. The van der Waals surface area contributed by atoms with Crippen LogP contribution in [0.25, 0.3) is 5.82 Å². The highest BCUT2D eigenvalue weighted by Gasteiger charge is 2.04. The van der Waals surface area contributed by atoms with Crippen LogP contribution in [0.3, 0.4) is 0 Å². The topological polar surface area (TPSA) is 42.7 Å². The third kappa shape index (κ3) is 2.23. The summed E-state index contributed by atoms with van der Waals surface area (Å²) in [6.07, 6.45) is 3.33. The molecule has 0 aliphatic carbocycles. The molecule has 0 atom stereocenters. The molecule has 16 heavy (non-hydrogen) atoms. The van der Waals surface area contributed by atoms with Crippen molar-refractivity contribution in [2.24, 2.45) is 0 Å². The second-order valence-electron chi connectivity index (χ2n) is 3.55. The van der Waals surface area contributed by atoms with Gasteiger partial charge in [-0.05, 0) is 25.6 Å². The maximum Gasteiger partial charge on any atom is 0.153 e. The lowest BCUT2D eigenvalue weighted by Gasteiger charge is -2.06. The van der Waals surface area contributed by atoms with Crippen molar-refractivity contribution in [1.82, 2.24) is 20.1 Å². The first-order valence-electron chi connectivity index (χ1n) is 5.02. The highest BCUT2D eigenvalue weighted by atomic mass is 35.5. The summed E-state index contributed by atoms with van der Waals surface area (Å²) in [5.41, 5.74) is 2.18. The van der Waals surface area contributed by atoms with Gasteiger partial charge in [0.05, 0.1) is 17.4 Å². The zero-order chi connectivity index (χ0) is 11.5. The Bertz CT molecular complexity index is 492. The van der Waals surface area contributed by atoms with Crippen LogP contribution in [0.2, 0.25) is 5.02 Å². The predicted octanol–water partition coefficient (Wildman–Crippen LogP) is 1.95. The van der Waals surface area contributed by atoms with E-state index in [0.29, 0.717) is 5.02 Å². The molecule has 0 aromatic carbocycles. The minimum atomic E-state index is 0.610. The Hall–Kier alpha value is -1.39. The lowest BCUT2D eigenvalue weighted by Crippen LogP contribution is -2.09. The number of pyridine rings is 1. The molecule has 0 amide bonds. The van der Waals surface area contributed by atoms with Crippen LogP contribution < -0.4 is 5.32 Å². The summed E-state index contributed by atoms with van der Waals surface area (Å²) in [5.74, 6) is 0.782. The Morgan fingerprint density at radius 1 is 1.44 bits per heavy atom. The van der Waals surface area contributed by atoms with Crippen molar-refractivity contribution in [3.8, 4) is 5.82 Å². The van der Waals surface area contributed by atoms with Crippen LogP contribution in [-0.4, -0.2) is 21.8 Å². The van der Waals surface area contributed by atoms with Gasteiger partial charge in [-0.25, -0.2) is 9.67 Å². The van der Waals surface area contributed by atoms with E-state index in [9.17, 15) is 0 Å². The van der Waals surface area contributed by atoms with Gasteiger partial charge in [-0.3, -0.25) is 0 Å². The van der Waals surface area contributed by atoms with Crippen molar-refractivity contribution in [3.63, 3.8) is 0 Å². The maximum atomic E-state index is 5.81. The molecule has 4 nitrogen and oxygen atoms in total. The number of nitrogens with one attached hydrogen (secondary N) is 1. The standard InChI is InChI=1S/C11H13ClN4/c1-8-9(5-13-2)3-4-11(15-8)16-7-10(12)6-14-16/h3-4,6-7,13H,5H2,1-2H3. The largest absolute Gasteiger partial charge is 0.316 e. The van der Waals surface area contributed by atoms with E-state index in [1.54, 1.807) is 17.1 Å². The average Bonchev–Trinajstić information content (AvgIpc) is 2.68. The van der Waals surface area contributed by atoms with E-state index in [1.807, 2.05) is 26.1 Å². The normalized spacial score (nSPS) is 10.7. The van der Waals surface area contributed by atoms with Gasteiger partial charge in [0.25, 0.3) is 0 Å². The predicted molar refractivity (Wildman–Crippen MR) is 63.9 cm³/mol. The minimum Gasteiger partial charge on any atom is -0.316 e. The summed E-state index contributed by atoms with van der Waals surface area (Å²) in [6.45, 7) is 2.81. The second kappa shape index (κ2) is 4.63. The zero-order valence-electron chi connectivity index (χ0n) is 9.24. The molecular formula is C11H13ClN4. The van der Waals surface area contributed by atoms with Crippen molar-refractivity contribution in [2.45, 2.75) is 13.5 Å². The number of hydrogen-bond donors (Lipinski definition) is 1. The molecule has 2 aromatic heterocycles. The number of rotatable bonds is 3. The van der Waals surface area contributed by atoms with Crippen LogP contribution in [0.15, 0.2) is 24.5 Å². The summed E-state index contributed by atoms with van der Waals surface area (Å²) in [7, 11) is 1.92. The first-order chi connectivity index (χ1) is 7.70. The number of aryl methyl sites for hydroxylation is 1. The first-order valence-corrected chi connectivity index (χ1v) is 5.40. The quantitative estimate of drug-likeness (QED) is 0.886. The summed E-state index contributed by atoms with van der Waals surface area (Å²) >= 11 is 5.81. The molecule has 2 aromatic rings. The molecule has 0 aliphatic rings. The molecule has 84 valence electrons. The summed E-state index contributed by atoms with van der Waals surface area (Å²) in [5, 5.41) is 7.82. The average molecular weight is 237 g/mol. The molecule has 0 fully saturated rings. The van der Waals surface area contributed by atoms with E-state index in [-0.39, 0.29) is 0 Å². The Labute approximate surface area is 99.3 Å². The van der Waals surface area contributed by atoms with Gasteiger partial charge in [-0.2, -0.15) is 5.10 Å². The molecule has 0 aliphatic heterocycles. The number of hydrogen-bond acceptors (Lipinski definition) is 3. The van der Waals surface area contributed by atoms with E-state index >= 15 is 0 Å². The molecule has 2 heterocycles. The Balaban J connectivity index is 2.34. The monoisotopic (exact) mass is 236 g/mol. The fourth-order valence-electron chi connectivity index (χ4n) is 1.51. The van der Waals surface area contributed by atoms with Gasteiger partial charge >= 0.3 is 0 Å². The molecule has 0 bridgehead atoms. The van der Waals surface area contributed by atoms with E-state index in [1.165, 1.54) is 5.56 Å². The van der Waals surface area contributed by atoms with E-state index in [4.69, 9.17) is 11.6 Å². The van der Waals surface area contributed by atoms with Crippen molar-refractivity contribution < 1.29 is 0 Å². The second-order valence-corrected chi connectivity index (χ2v) is 3.98. The third-order valence-electron chi connectivity index (χ3n) is 2.33. The van der Waals surface area contributed by atoms with Gasteiger partial charge in [-0.1, -0.05) is 17.7 Å². The molecule has 1 N–H and O–H groups in total. The van der Waals surface area contributed by atoms with Crippen molar-refractivity contribution in [3.05, 3.63) is 40.8 Å². The Kier molecular flexibility index (Phi) is 3.22. The summed E-state index contributed by atoms with van der Waals surface area (Å²) < 4.78 is 1.67. The van der Waals surface area contributed by atoms with Crippen molar-refractivity contribution >= 4 is 11.6 Å². The molecule has 0 saturated heterocycles. The van der Waals surface area contributed by atoms with Gasteiger partial charge in [0.2, 0.25) is 0 Å². The van der Waals surface area contributed by atoms with E-state index < -0.39 is 0 Å². The van der Waals surface area contributed by atoms with Crippen LogP contribution in [0.4, 0.5) is 0 Å². The van der Waals surface area contributed by atoms with Gasteiger partial charge in [-0.15, -0.1) is 0 Å². The Morgan fingerprint density at radius 2 is 2.25 bits per heavy atom. The van der Waals surface area contributed by atoms with Gasteiger partial charge < -0.3 is 5.32 Å². The molecule has 0 unspecified atom stereocenters. The Morgan fingerprint density at radius 3 is 2.81 bits per heavy atom. The fraction of sp³-hybridized carbons (Fsp3) is 0.273. The van der Waals surface area contributed by atoms with Crippen LogP contribution in [0.1, 0.15) is 11.3 Å². The number of halogens is 1. The smallest absolute Gasteiger partial charge is 0.153 e. The minimum absolute atomic E-state index is 0.610. The lowest BCUT2D eigenvalue weighted by atomic mass is 10.2. The highest BCUT2D eigenvalue weighted by molar-refractivity contribution is 6.30. The van der Waals surface area contributed by atoms with E-state index in [0.717, 1.165) is 18.1 Å². The SMILES string of the molecule is CNCc1ccc(-n2cc(Cl)cn2)nc1C.